The molecular weight excluding hydrogens is 1030 g/mol. The lowest BCUT2D eigenvalue weighted by molar-refractivity contribution is 1.60. The fraction of sp³-hybridized carbons (Fsp3) is 0. The number of hydrogen-bond donors (Lipinski definition) is 0. The van der Waals surface area contributed by atoms with Crippen LogP contribution in [0.15, 0.2) is 291 Å². The largest absolute Gasteiger partial charge is 0.135 e. The summed E-state index contributed by atoms with van der Waals surface area (Å²) in [5.41, 5.74) is 17.4. The summed E-state index contributed by atoms with van der Waals surface area (Å²) in [7, 11) is 0. The summed E-state index contributed by atoms with van der Waals surface area (Å²) in [4.78, 5) is 0. The van der Waals surface area contributed by atoms with Gasteiger partial charge < -0.3 is 0 Å². The molecule has 0 spiro atoms. The van der Waals surface area contributed by atoms with Gasteiger partial charge in [-0.1, -0.05) is 261 Å². The molecular formula is C80H48S2. The predicted octanol–water partition coefficient (Wildman–Crippen LogP) is 23.9. The molecule has 2 heterocycles. The van der Waals surface area contributed by atoms with Crippen molar-refractivity contribution in [2.24, 2.45) is 0 Å². The quantitative estimate of drug-likeness (QED) is 0.140. The Morgan fingerprint density at radius 3 is 1.17 bits per heavy atom. The number of fused-ring (bicyclic) bond motifs is 11. The molecule has 0 saturated carbocycles. The van der Waals surface area contributed by atoms with Gasteiger partial charge in [0.1, 0.15) is 0 Å². The van der Waals surface area contributed by atoms with Gasteiger partial charge in [0.2, 0.25) is 0 Å². The molecule has 0 bridgehead atoms. The van der Waals surface area contributed by atoms with Crippen LogP contribution in [0, 0.1) is 0 Å². The van der Waals surface area contributed by atoms with E-state index in [1.165, 1.54) is 172 Å². The molecule has 0 radical (unpaired) electrons. The Kier molecular flexibility index (Phi) is 10.8. The Labute approximate surface area is 482 Å². The van der Waals surface area contributed by atoms with Gasteiger partial charge in [0.05, 0.1) is 0 Å². The minimum atomic E-state index is 1.20. The van der Waals surface area contributed by atoms with Gasteiger partial charge >= 0.3 is 0 Å². The van der Waals surface area contributed by atoms with Crippen LogP contribution in [0.5, 0.6) is 0 Å². The highest BCUT2D eigenvalue weighted by atomic mass is 32.1. The van der Waals surface area contributed by atoms with Crippen LogP contribution >= 0.6 is 22.7 Å². The molecule has 17 rings (SSSR count). The van der Waals surface area contributed by atoms with Gasteiger partial charge in [-0.3, -0.25) is 0 Å². The van der Waals surface area contributed by atoms with Crippen molar-refractivity contribution in [2.75, 3.05) is 0 Å². The SMILES string of the molecule is c1cc(-c2ccc3ccccc3c2)cc(-c2c3ccccc3c(-c3ccc(-c4ccc(-c5ccc(-c6c7ccccc7c(-c7cccc8sc9ccccc9c78)c7ccccc67)cc5)cc4)c4sc5ccccc5c34)c3ccccc23)c1. The zero-order valence-corrected chi connectivity index (χ0v) is 46.2. The van der Waals surface area contributed by atoms with Crippen LogP contribution < -0.4 is 0 Å². The van der Waals surface area contributed by atoms with Crippen LogP contribution in [0.3, 0.4) is 0 Å². The molecule has 2 aromatic heterocycles. The summed E-state index contributed by atoms with van der Waals surface area (Å²) in [5, 5.41) is 17.9. The van der Waals surface area contributed by atoms with Crippen molar-refractivity contribution in [3.63, 3.8) is 0 Å². The molecule has 0 unspecified atom stereocenters. The lowest BCUT2D eigenvalue weighted by atomic mass is 9.84. The average Bonchev–Trinajstić information content (AvgIpc) is 2.46. The standard InChI is InChI=1S/C80H48S2/c1-2-18-54-47-56(44-39-49(54)17-1)55-19-15-20-57(48-55)75-61-23-5-9-27-65(61)77(66-28-10-6-24-62(66)75)70-46-45-58(80-79(70)68-30-12-14-33-72(68)82-80)52-40-35-50(36-41-52)51-37-42-53(43-38-51)74-59-21-3-7-25-63(59)76(64-26-8-4-22-60(64)74)69-31-16-34-73-78(69)67-29-11-13-32-71(67)81-73/h1-48H. The van der Waals surface area contributed by atoms with Crippen molar-refractivity contribution < 1.29 is 0 Å². The molecule has 0 fully saturated rings. The molecule has 0 aliphatic heterocycles. The van der Waals surface area contributed by atoms with Crippen molar-refractivity contribution in [3.8, 4) is 77.9 Å². The van der Waals surface area contributed by atoms with Crippen molar-refractivity contribution in [2.45, 2.75) is 0 Å². The smallest absolute Gasteiger partial charge is 0.0440 e. The summed E-state index contributed by atoms with van der Waals surface area (Å²) in [5.74, 6) is 0. The molecule has 82 heavy (non-hydrogen) atoms. The van der Waals surface area contributed by atoms with E-state index in [-0.39, 0.29) is 0 Å². The Morgan fingerprint density at radius 1 is 0.183 bits per heavy atom. The summed E-state index contributed by atoms with van der Waals surface area (Å²) in [6.45, 7) is 0. The normalized spacial score (nSPS) is 11.9. The minimum Gasteiger partial charge on any atom is -0.135 e. The van der Waals surface area contributed by atoms with Gasteiger partial charge in [-0.25, -0.2) is 0 Å². The Bertz CT molecular complexity index is 5330. The third-order valence-corrected chi connectivity index (χ3v) is 19.6. The lowest BCUT2D eigenvalue weighted by Gasteiger charge is -2.19. The van der Waals surface area contributed by atoms with Crippen molar-refractivity contribution >= 4 is 117 Å². The molecule has 0 amide bonds. The fourth-order valence-electron chi connectivity index (χ4n) is 13.6. The van der Waals surface area contributed by atoms with E-state index in [9.17, 15) is 0 Å². The summed E-state index contributed by atoms with van der Waals surface area (Å²) >= 11 is 3.79. The van der Waals surface area contributed by atoms with Crippen molar-refractivity contribution in [1.82, 2.24) is 0 Å². The van der Waals surface area contributed by atoms with E-state index < -0.39 is 0 Å². The van der Waals surface area contributed by atoms with Gasteiger partial charge in [-0.05, 0) is 162 Å². The maximum Gasteiger partial charge on any atom is 0.0440 e. The number of rotatable bonds is 7. The summed E-state index contributed by atoms with van der Waals surface area (Å²) in [6.07, 6.45) is 0. The third kappa shape index (κ3) is 7.36. The molecule has 2 heteroatoms. The van der Waals surface area contributed by atoms with E-state index in [4.69, 9.17) is 0 Å². The van der Waals surface area contributed by atoms with Gasteiger partial charge in [-0.2, -0.15) is 0 Å². The predicted molar refractivity (Wildman–Crippen MR) is 358 cm³/mol. The van der Waals surface area contributed by atoms with E-state index in [0.717, 1.165) is 0 Å². The molecule has 0 saturated heterocycles. The van der Waals surface area contributed by atoms with Crippen LogP contribution in [-0.2, 0) is 0 Å². The first-order valence-corrected chi connectivity index (χ1v) is 29.8. The van der Waals surface area contributed by atoms with E-state index in [2.05, 4.69) is 291 Å². The second-order valence-electron chi connectivity index (χ2n) is 21.7. The highest BCUT2D eigenvalue weighted by Crippen LogP contribution is 2.52. The van der Waals surface area contributed by atoms with Crippen LogP contribution in [0.25, 0.3) is 172 Å². The van der Waals surface area contributed by atoms with E-state index in [1.54, 1.807) is 0 Å². The van der Waals surface area contributed by atoms with Crippen LogP contribution in [0.2, 0.25) is 0 Å². The molecule has 15 aromatic carbocycles. The topological polar surface area (TPSA) is 0 Å². The highest BCUT2D eigenvalue weighted by Gasteiger charge is 2.23. The lowest BCUT2D eigenvalue weighted by Crippen LogP contribution is -1.92. The molecule has 0 aliphatic carbocycles. The monoisotopic (exact) mass is 1070 g/mol. The number of hydrogen-bond acceptors (Lipinski definition) is 2. The first kappa shape index (κ1) is 46.9. The highest BCUT2D eigenvalue weighted by molar-refractivity contribution is 7.26. The summed E-state index contributed by atoms with van der Waals surface area (Å²) < 4.78 is 5.25. The average molecular weight is 1070 g/mol. The molecule has 0 atom stereocenters. The third-order valence-electron chi connectivity index (χ3n) is 17.3. The van der Waals surface area contributed by atoms with Gasteiger partial charge in [-0.15, -0.1) is 22.7 Å². The number of thiophene rings is 2. The molecule has 0 nitrogen and oxygen atoms in total. The minimum absolute atomic E-state index is 1.20. The second kappa shape index (κ2) is 18.8. The second-order valence-corrected chi connectivity index (χ2v) is 23.9. The fourth-order valence-corrected chi connectivity index (χ4v) is 16.0. The van der Waals surface area contributed by atoms with Gasteiger partial charge in [0.15, 0.2) is 0 Å². The van der Waals surface area contributed by atoms with E-state index >= 15 is 0 Å². The van der Waals surface area contributed by atoms with Crippen molar-refractivity contribution in [1.29, 1.82) is 0 Å². The first-order chi connectivity index (χ1) is 40.7. The van der Waals surface area contributed by atoms with Crippen molar-refractivity contribution in [3.05, 3.63) is 291 Å². The van der Waals surface area contributed by atoms with Crippen LogP contribution in [0.4, 0.5) is 0 Å². The summed E-state index contributed by atoms with van der Waals surface area (Å²) in [6, 6.07) is 109. The van der Waals surface area contributed by atoms with Crippen LogP contribution in [-0.4, -0.2) is 0 Å². The Morgan fingerprint density at radius 2 is 0.573 bits per heavy atom. The molecule has 0 aliphatic rings. The molecule has 17 aromatic rings. The molecule has 380 valence electrons. The maximum absolute atomic E-state index is 2.40. The van der Waals surface area contributed by atoms with E-state index in [1.807, 2.05) is 22.7 Å². The van der Waals surface area contributed by atoms with Gasteiger partial charge in [0.25, 0.3) is 0 Å². The zero-order chi connectivity index (χ0) is 53.8. The van der Waals surface area contributed by atoms with E-state index in [0.29, 0.717) is 0 Å². The van der Waals surface area contributed by atoms with Gasteiger partial charge in [0, 0.05) is 40.3 Å². The zero-order valence-electron chi connectivity index (χ0n) is 44.5. The number of benzene rings is 15. The maximum atomic E-state index is 2.40. The first-order valence-electron chi connectivity index (χ1n) is 28.2. The Balaban J connectivity index is 0.757. The van der Waals surface area contributed by atoms with Crippen LogP contribution in [0.1, 0.15) is 0 Å². The Hall–Kier alpha value is -9.96. The molecule has 0 N–H and O–H groups in total.